The van der Waals surface area contributed by atoms with E-state index < -0.39 is 12.0 Å². The van der Waals surface area contributed by atoms with Gasteiger partial charge in [-0.15, -0.1) is 0 Å². The molecule has 0 radical (unpaired) electrons. The van der Waals surface area contributed by atoms with Gasteiger partial charge in [-0.25, -0.2) is 4.79 Å². The van der Waals surface area contributed by atoms with Crippen LogP contribution in [0.5, 0.6) is 0 Å². The summed E-state index contributed by atoms with van der Waals surface area (Å²) in [5.41, 5.74) is 0. The zero-order valence-corrected chi connectivity index (χ0v) is 10.2. The maximum absolute atomic E-state index is 11.7. The van der Waals surface area contributed by atoms with Crippen molar-refractivity contribution in [1.82, 2.24) is 15.5 Å². The first kappa shape index (κ1) is 13.9. The molecule has 17 heavy (non-hydrogen) atoms. The second-order valence-electron chi connectivity index (χ2n) is 4.27. The van der Waals surface area contributed by atoms with Crippen LogP contribution < -0.4 is 10.6 Å². The van der Waals surface area contributed by atoms with Crippen LogP contribution in [0.1, 0.15) is 19.8 Å². The Morgan fingerprint density at radius 3 is 2.59 bits per heavy atom. The summed E-state index contributed by atoms with van der Waals surface area (Å²) < 4.78 is 0. The minimum atomic E-state index is -0.958. The molecule has 0 bridgehead atoms. The van der Waals surface area contributed by atoms with Crippen LogP contribution in [0.2, 0.25) is 0 Å². The van der Waals surface area contributed by atoms with E-state index in [0.717, 1.165) is 32.6 Å². The predicted octanol–water partition coefficient (Wildman–Crippen LogP) is -0.739. The van der Waals surface area contributed by atoms with Gasteiger partial charge in [-0.3, -0.25) is 9.69 Å². The second-order valence-corrected chi connectivity index (χ2v) is 4.27. The first-order valence-electron chi connectivity index (χ1n) is 6.08. The average molecular weight is 243 g/mol. The number of hydrogen-bond donors (Lipinski definition) is 3. The van der Waals surface area contributed by atoms with Gasteiger partial charge in [-0.2, -0.15) is 0 Å². The summed E-state index contributed by atoms with van der Waals surface area (Å²) in [6.07, 6.45) is 1.22. The molecule has 1 saturated heterocycles. The monoisotopic (exact) mass is 243 g/mol. The highest BCUT2D eigenvalue weighted by atomic mass is 16.4. The number of aliphatic carboxylic acids is 1. The molecule has 6 heteroatoms. The molecule has 0 aromatic carbocycles. The Bertz CT molecular complexity index is 265. The summed E-state index contributed by atoms with van der Waals surface area (Å²) in [4.78, 5) is 24.6. The van der Waals surface area contributed by atoms with E-state index in [9.17, 15) is 9.59 Å². The Morgan fingerprint density at radius 2 is 2.06 bits per heavy atom. The van der Waals surface area contributed by atoms with Gasteiger partial charge in [0.1, 0.15) is 6.04 Å². The Hall–Kier alpha value is -1.14. The zero-order valence-electron chi connectivity index (χ0n) is 10.2. The smallest absolute Gasteiger partial charge is 0.326 e. The molecule has 0 aromatic rings. The fraction of sp³-hybridized carbons (Fsp3) is 0.818. The zero-order chi connectivity index (χ0) is 12.7. The minimum Gasteiger partial charge on any atom is -0.480 e. The van der Waals surface area contributed by atoms with Crippen LogP contribution in [0.4, 0.5) is 0 Å². The summed E-state index contributed by atoms with van der Waals surface area (Å²) in [6.45, 7) is 5.61. The molecule has 1 aliphatic rings. The van der Waals surface area contributed by atoms with Crippen molar-refractivity contribution >= 4 is 11.9 Å². The molecule has 1 aliphatic heterocycles. The van der Waals surface area contributed by atoms with Crippen LogP contribution in [0.3, 0.4) is 0 Å². The molecule has 98 valence electrons. The van der Waals surface area contributed by atoms with Crippen molar-refractivity contribution in [1.29, 1.82) is 0 Å². The van der Waals surface area contributed by atoms with Gasteiger partial charge in [0, 0.05) is 26.2 Å². The molecule has 1 rings (SSSR count). The lowest BCUT2D eigenvalue weighted by molar-refractivity contribution is -0.142. The van der Waals surface area contributed by atoms with Crippen LogP contribution in [0.25, 0.3) is 0 Å². The first-order chi connectivity index (χ1) is 8.13. The lowest BCUT2D eigenvalue weighted by Gasteiger charge is -2.27. The van der Waals surface area contributed by atoms with Crippen molar-refractivity contribution in [2.75, 3.05) is 32.7 Å². The third kappa shape index (κ3) is 5.14. The molecule has 0 saturated carbocycles. The summed E-state index contributed by atoms with van der Waals surface area (Å²) in [7, 11) is 0. The van der Waals surface area contributed by atoms with Crippen molar-refractivity contribution in [3.63, 3.8) is 0 Å². The number of nitrogens with one attached hydrogen (secondary N) is 2. The van der Waals surface area contributed by atoms with E-state index in [0.29, 0.717) is 6.42 Å². The third-order valence-electron chi connectivity index (χ3n) is 2.79. The topological polar surface area (TPSA) is 81.7 Å². The van der Waals surface area contributed by atoms with Gasteiger partial charge in [0.25, 0.3) is 0 Å². The number of carbonyl (C=O) groups is 2. The van der Waals surface area contributed by atoms with E-state index in [2.05, 4.69) is 10.6 Å². The number of piperazine rings is 1. The molecule has 1 fully saturated rings. The summed E-state index contributed by atoms with van der Waals surface area (Å²) in [6, 6.07) is -0.754. The van der Waals surface area contributed by atoms with Crippen LogP contribution in [-0.4, -0.2) is 60.6 Å². The second kappa shape index (κ2) is 7.24. The first-order valence-corrected chi connectivity index (χ1v) is 6.08. The van der Waals surface area contributed by atoms with E-state index in [1.54, 1.807) is 0 Å². The van der Waals surface area contributed by atoms with Crippen LogP contribution in [0, 0.1) is 0 Å². The lowest BCUT2D eigenvalue weighted by atomic mass is 10.1. The summed E-state index contributed by atoms with van der Waals surface area (Å²) >= 11 is 0. The normalized spacial score (nSPS) is 18.6. The van der Waals surface area contributed by atoms with E-state index in [1.165, 1.54) is 0 Å². The Kier molecular flexibility index (Phi) is 5.93. The third-order valence-corrected chi connectivity index (χ3v) is 2.79. The van der Waals surface area contributed by atoms with Crippen LogP contribution in [-0.2, 0) is 9.59 Å². The fourth-order valence-corrected chi connectivity index (χ4v) is 1.86. The quantitative estimate of drug-likeness (QED) is 0.572. The van der Waals surface area contributed by atoms with Gasteiger partial charge in [0.15, 0.2) is 0 Å². The highest BCUT2D eigenvalue weighted by molar-refractivity contribution is 5.84. The number of carboxylic acids is 1. The van der Waals surface area contributed by atoms with E-state index in [1.807, 2.05) is 11.8 Å². The van der Waals surface area contributed by atoms with Crippen LogP contribution >= 0.6 is 0 Å². The number of carboxylic acid groups (broad SMARTS) is 1. The average Bonchev–Trinajstić information content (AvgIpc) is 2.29. The summed E-state index contributed by atoms with van der Waals surface area (Å²) in [5, 5.41) is 14.7. The Balaban J connectivity index is 2.33. The molecular formula is C11H21N3O3. The van der Waals surface area contributed by atoms with Gasteiger partial charge in [0.05, 0.1) is 6.54 Å². The van der Waals surface area contributed by atoms with Crippen molar-refractivity contribution in [2.45, 2.75) is 25.8 Å². The molecule has 3 N–H and O–H groups in total. The van der Waals surface area contributed by atoms with Gasteiger partial charge >= 0.3 is 5.97 Å². The molecule has 0 aliphatic carbocycles. The minimum absolute atomic E-state index is 0.201. The van der Waals surface area contributed by atoms with E-state index in [-0.39, 0.29) is 12.5 Å². The lowest BCUT2D eigenvalue weighted by Crippen LogP contribution is -2.50. The number of amides is 1. The highest BCUT2D eigenvalue weighted by Crippen LogP contribution is 1.98. The van der Waals surface area contributed by atoms with E-state index in [4.69, 9.17) is 5.11 Å². The van der Waals surface area contributed by atoms with Crippen LogP contribution in [0.15, 0.2) is 0 Å². The Morgan fingerprint density at radius 1 is 1.41 bits per heavy atom. The molecule has 1 amide bonds. The predicted molar refractivity (Wildman–Crippen MR) is 63.8 cm³/mol. The number of nitrogens with zero attached hydrogens (tertiary/aromatic N) is 1. The highest BCUT2D eigenvalue weighted by Gasteiger charge is 2.20. The molecule has 6 nitrogen and oxygen atoms in total. The molecule has 0 aromatic heterocycles. The van der Waals surface area contributed by atoms with E-state index >= 15 is 0 Å². The van der Waals surface area contributed by atoms with Gasteiger partial charge in [-0.05, 0) is 6.42 Å². The fourth-order valence-electron chi connectivity index (χ4n) is 1.86. The largest absolute Gasteiger partial charge is 0.480 e. The van der Waals surface area contributed by atoms with Gasteiger partial charge in [-0.1, -0.05) is 13.3 Å². The van der Waals surface area contributed by atoms with Crippen molar-refractivity contribution < 1.29 is 14.7 Å². The summed E-state index contributed by atoms with van der Waals surface area (Å²) in [5.74, 6) is -1.16. The van der Waals surface area contributed by atoms with Crippen molar-refractivity contribution in [3.8, 4) is 0 Å². The van der Waals surface area contributed by atoms with Gasteiger partial charge in [0.2, 0.25) is 5.91 Å². The Labute approximate surface area is 101 Å². The number of hydrogen-bond acceptors (Lipinski definition) is 4. The van der Waals surface area contributed by atoms with Crippen molar-refractivity contribution in [3.05, 3.63) is 0 Å². The maximum atomic E-state index is 11.7. The number of rotatable bonds is 6. The van der Waals surface area contributed by atoms with Gasteiger partial charge < -0.3 is 15.7 Å². The SMILES string of the molecule is CCCC(NC(=O)CN1CCNCC1)C(=O)O. The molecule has 1 unspecified atom stereocenters. The molecular weight excluding hydrogens is 222 g/mol. The maximum Gasteiger partial charge on any atom is 0.326 e. The molecule has 0 spiro atoms. The molecule has 1 atom stereocenters. The molecule has 1 heterocycles. The number of carbonyl (C=O) groups excluding carboxylic acids is 1. The van der Waals surface area contributed by atoms with Crippen molar-refractivity contribution in [2.24, 2.45) is 0 Å². The standard InChI is InChI=1S/C11H21N3O3/c1-2-3-9(11(16)17)13-10(15)8-14-6-4-12-5-7-14/h9,12H,2-8H2,1H3,(H,13,15)(H,16,17).